The van der Waals surface area contributed by atoms with Crippen molar-refractivity contribution in [2.75, 3.05) is 0 Å². The van der Waals surface area contributed by atoms with E-state index in [9.17, 15) is 10.1 Å². The molecule has 1 aromatic carbocycles. The number of halogens is 3. The molecule has 0 unspecified atom stereocenters. The minimum atomic E-state index is -0.605. The molecule has 0 aliphatic heterocycles. The summed E-state index contributed by atoms with van der Waals surface area (Å²) < 4.78 is 0. The number of non-ortho nitro benzene ring substituents is 1. The van der Waals surface area contributed by atoms with E-state index in [1.807, 2.05) is 0 Å². The monoisotopic (exact) mass is 311 g/mol. The van der Waals surface area contributed by atoms with Gasteiger partial charge in [-0.05, 0) is 0 Å². The van der Waals surface area contributed by atoms with E-state index in [0.29, 0.717) is 5.56 Å². The van der Waals surface area contributed by atoms with Crippen molar-refractivity contribution in [1.82, 2.24) is 5.43 Å². The van der Waals surface area contributed by atoms with E-state index >= 15 is 0 Å². The van der Waals surface area contributed by atoms with Crippen molar-refractivity contribution < 1.29 is 4.92 Å². The molecule has 0 aliphatic carbocycles. The smallest absolute Gasteiger partial charge is 0.272 e. The Hall–Kier alpha value is -1.57. The molecule has 1 rings (SSSR count). The van der Waals surface area contributed by atoms with Crippen molar-refractivity contribution in [3.63, 3.8) is 0 Å². The van der Waals surface area contributed by atoms with Gasteiger partial charge in [-0.3, -0.25) is 15.5 Å². The molecular weight excluding hydrogens is 304 g/mol. The van der Waals surface area contributed by atoms with Crippen LogP contribution in [-0.2, 0) is 0 Å². The summed E-state index contributed by atoms with van der Waals surface area (Å²) in [5, 5.41) is 21.1. The van der Waals surface area contributed by atoms with Gasteiger partial charge in [0.25, 0.3) is 5.69 Å². The summed E-state index contributed by atoms with van der Waals surface area (Å²) in [6, 6.07) is 2.31. The maximum absolute atomic E-state index is 10.5. The van der Waals surface area contributed by atoms with Gasteiger partial charge in [0.05, 0.1) is 21.2 Å². The Bertz CT molecular complexity index is 483. The van der Waals surface area contributed by atoms with Gasteiger partial charge in [-0.2, -0.15) is 5.10 Å². The van der Waals surface area contributed by atoms with Crippen molar-refractivity contribution in [3.8, 4) is 0 Å². The largest absolute Gasteiger partial charge is 0.369 e. The van der Waals surface area contributed by atoms with Crippen molar-refractivity contribution in [3.05, 3.63) is 37.9 Å². The molecule has 0 fully saturated rings. The summed E-state index contributed by atoms with van der Waals surface area (Å²) in [6.07, 6.45) is 1.22. The maximum Gasteiger partial charge on any atom is 0.272 e. The summed E-state index contributed by atoms with van der Waals surface area (Å²) in [5.41, 5.74) is 7.25. The number of nitrogens with zero attached hydrogens (tertiary/aromatic N) is 2. The molecule has 0 saturated carbocycles. The number of hydrogen-bond donors (Lipinski definition) is 3. The highest BCUT2D eigenvalue weighted by molar-refractivity contribution is 6.39. The lowest BCUT2D eigenvalue weighted by atomic mass is 10.2. The Morgan fingerprint density at radius 1 is 1.50 bits per heavy atom. The van der Waals surface area contributed by atoms with E-state index < -0.39 is 4.92 Å². The van der Waals surface area contributed by atoms with Crippen LogP contribution in [0, 0.1) is 15.5 Å². The first-order valence-corrected chi connectivity index (χ1v) is 4.94. The van der Waals surface area contributed by atoms with Crippen LogP contribution in [0.1, 0.15) is 5.56 Å². The van der Waals surface area contributed by atoms with Gasteiger partial charge in [0, 0.05) is 17.7 Å². The third-order valence-electron chi connectivity index (χ3n) is 1.65. The molecule has 0 aromatic heterocycles. The molecule has 4 N–H and O–H groups in total. The van der Waals surface area contributed by atoms with Gasteiger partial charge in [-0.15, -0.1) is 12.4 Å². The third kappa shape index (κ3) is 4.36. The lowest BCUT2D eigenvalue weighted by Gasteiger charge is -2.01. The summed E-state index contributed by atoms with van der Waals surface area (Å²) in [6.45, 7) is 0. The maximum atomic E-state index is 10.5. The molecule has 0 heterocycles. The highest BCUT2D eigenvalue weighted by Crippen LogP contribution is 2.28. The van der Waals surface area contributed by atoms with Crippen molar-refractivity contribution >= 4 is 53.5 Å². The van der Waals surface area contributed by atoms with Gasteiger partial charge in [0.15, 0.2) is 0 Å². The van der Waals surface area contributed by atoms with Gasteiger partial charge in [0.2, 0.25) is 5.96 Å². The second-order valence-corrected chi connectivity index (χ2v) is 3.68. The highest BCUT2D eigenvalue weighted by atomic mass is 35.5. The minimum Gasteiger partial charge on any atom is -0.369 e. The number of hydrazone groups is 1. The summed E-state index contributed by atoms with van der Waals surface area (Å²) >= 11 is 11.6. The molecule has 0 spiro atoms. The predicted molar refractivity (Wildman–Crippen MR) is 73.0 cm³/mol. The Morgan fingerprint density at radius 3 is 2.39 bits per heavy atom. The van der Waals surface area contributed by atoms with Crippen molar-refractivity contribution in [2.45, 2.75) is 0 Å². The molecule has 0 saturated heterocycles. The molecule has 0 bridgehead atoms. The first-order valence-electron chi connectivity index (χ1n) is 4.18. The first kappa shape index (κ1) is 16.4. The standard InChI is InChI=1S/C8H7Cl2N5O2.ClH/c9-6-1-4(15(16)17)2-7(10)5(6)3-13-14-8(11)12;/h1-3H,(H4,11,12,14);1H/b13-3+;. The van der Waals surface area contributed by atoms with Crippen LogP contribution in [-0.4, -0.2) is 17.1 Å². The van der Waals surface area contributed by atoms with E-state index in [1.54, 1.807) is 0 Å². The minimum absolute atomic E-state index is 0. The number of nitrogens with two attached hydrogens (primary N) is 1. The second kappa shape index (κ2) is 7.00. The fourth-order valence-corrected chi connectivity index (χ4v) is 1.54. The number of hydrogen-bond acceptors (Lipinski definition) is 4. The fraction of sp³-hybridized carbons (Fsp3) is 0. The fourth-order valence-electron chi connectivity index (χ4n) is 0.966. The van der Waals surface area contributed by atoms with E-state index in [1.165, 1.54) is 6.21 Å². The summed E-state index contributed by atoms with van der Waals surface area (Å²) in [4.78, 5) is 9.91. The Kier molecular flexibility index (Phi) is 6.39. The average Bonchev–Trinajstić information content (AvgIpc) is 2.21. The van der Waals surface area contributed by atoms with Gasteiger partial charge >= 0.3 is 0 Å². The Morgan fingerprint density at radius 2 is 2.00 bits per heavy atom. The van der Waals surface area contributed by atoms with Gasteiger partial charge in [0.1, 0.15) is 0 Å². The first-order chi connectivity index (χ1) is 7.91. The zero-order chi connectivity index (χ0) is 13.0. The molecule has 7 nitrogen and oxygen atoms in total. The van der Waals surface area contributed by atoms with E-state index in [0.717, 1.165) is 12.1 Å². The Labute approximate surface area is 118 Å². The average molecular weight is 313 g/mol. The Balaban J connectivity index is 0.00000289. The topological polar surface area (TPSA) is 117 Å². The molecule has 0 aliphatic rings. The number of nitro groups is 1. The van der Waals surface area contributed by atoms with Crippen LogP contribution < -0.4 is 11.2 Å². The SMILES string of the molecule is Cl.N=C(N)N/N=C/c1c(Cl)cc([N+](=O)[O-])cc1Cl. The number of rotatable bonds is 3. The number of nitro benzene ring substituents is 1. The predicted octanol–water partition coefficient (Wildman–Crippen LogP) is 2.14. The third-order valence-corrected chi connectivity index (χ3v) is 2.28. The molecule has 0 radical (unpaired) electrons. The van der Waals surface area contributed by atoms with Crippen LogP contribution in [0.2, 0.25) is 10.0 Å². The van der Waals surface area contributed by atoms with Crippen LogP contribution >= 0.6 is 35.6 Å². The molecular formula is C8H8Cl3N5O2. The second-order valence-electron chi connectivity index (χ2n) is 2.86. The lowest BCUT2D eigenvalue weighted by Crippen LogP contribution is -2.25. The molecule has 1 aromatic rings. The molecule has 10 heteroatoms. The number of nitrogens with one attached hydrogen (secondary N) is 2. The van der Waals surface area contributed by atoms with Gasteiger partial charge in [-0.1, -0.05) is 23.2 Å². The van der Waals surface area contributed by atoms with Gasteiger partial charge in [-0.25, -0.2) is 5.43 Å². The summed E-state index contributed by atoms with van der Waals surface area (Å²) in [5.74, 6) is -0.351. The van der Waals surface area contributed by atoms with E-state index in [-0.39, 0.29) is 34.1 Å². The quantitative estimate of drug-likeness (QED) is 0.343. The van der Waals surface area contributed by atoms with Crippen LogP contribution in [0.15, 0.2) is 17.2 Å². The molecule has 18 heavy (non-hydrogen) atoms. The number of guanidine groups is 1. The summed E-state index contributed by atoms with van der Waals surface area (Å²) in [7, 11) is 0. The van der Waals surface area contributed by atoms with E-state index in [4.69, 9.17) is 34.3 Å². The van der Waals surface area contributed by atoms with Crippen LogP contribution in [0.4, 0.5) is 5.69 Å². The van der Waals surface area contributed by atoms with Crippen LogP contribution in [0.25, 0.3) is 0 Å². The normalized spacial score (nSPS) is 9.89. The molecule has 98 valence electrons. The van der Waals surface area contributed by atoms with Crippen molar-refractivity contribution in [2.24, 2.45) is 10.8 Å². The molecule has 0 atom stereocenters. The zero-order valence-corrected chi connectivity index (χ0v) is 11.0. The van der Waals surface area contributed by atoms with Crippen molar-refractivity contribution in [1.29, 1.82) is 5.41 Å². The van der Waals surface area contributed by atoms with E-state index in [2.05, 4.69) is 10.5 Å². The lowest BCUT2D eigenvalue weighted by molar-refractivity contribution is -0.384. The zero-order valence-electron chi connectivity index (χ0n) is 8.68. The number of benzene rings is 1. The highest BCUT2D eigenvalue weighted by Gasteiger charge is 2.13. The van der Waals surface area contributed by atoms with Gasteiger partial charge < -0.3 is 5.73 Å². The van der Waals surface area contributed by atoms with Crippen LogP contribution in [0.5, 0.6) is 0 Å². The molecule has 0 amide bonds. The van der Waals surface area contributed by atoms with Crippen LogP contribution in [0.3, 0.4) is 0 Å².